The van der Waals surface area contributed by atoms with Gasteiger partial charge in [-0.2, -0.15) is 0 Å². The second kappa shape index (κ2) is 8.81. The van der Waals surface area contributed by atoms with E-state index in [1.54, 1.807) is 6.92 Å². The van der Waals surface area contributed by atoms with Gasteiger partial charge in [-0.05, 0) is 13.3 Å². The summed E-state index contributed by atoms with van der Waals surface area (Å²) in [5.41, 5.74) is 5.58. The van der Waals surface area contributed by atoms with Gasteiger partial charge in [0, 0.05) is 28.5 Å². The Hall–Kier alpha value is -1.33. The molecule has 5 N–H and O–H groups in total. The van der Waals surface area contributed by atoms with Crippen LogP contribution in [0.3, 0.4) is 0 Å². The number of hydrogen-bond acceptors (Lipinski definition) is 7. The van der Waals surface area contributed by atoms with Gasteiger partial charge >= 0.3 is 5.97 Å². The van der Waals surface area contributed by atoms with Crippen molar-refractivity contribution in [2.24, 2.45) is 17.6 Å². The van der Waals surface area contributed by atoms with Gasteiger partial charge in [-0.15, -0.1) is 23.4 Å². The molecule has 0 saturated carbocycles. The number of alkyl halides is 1. The number of aliphatic hydroxyl groups is 1. The first-order chi connectivity index (χ1) is 13.7. The molecule has 11 heteroatoms. The van der Waals surface area contributed by atoms with Crippen molar-refractivity contribution in [1.82, 2.24) is 10.2 Å². The van der Waals surface area contributed by atoms with E-state index in [-0.39, 0.29) is 46.7 Å². The van der Waals surface area contributed by atoms with Crippen LogP contribution in [0.5, 0.6) is 0 Å². The Labute approximate surface area is 177 Å². The average Bonchev–Trinajstić information content (AvgIpc) is 3.20. The van der Waals surface area contributed by atoms with Gasteiger partial charge in [-0.25, -0.2) is 4.79 Å². The van der Waals surface area contributed by atoms with E-state index in [1.807, 2.05) is 6.92 Å². The molecule has 2 amide bonds. The number of carbonyl (C=O) groups excluding carboxylic acids is 2. The van der Waals surface area contributed by atoms with Crippen molar-refractivity contribution in [3.8, 4) is 0 Å². The first kappa shape index (κ1) is 22.4. The van der Waals surface area contributed by atoms with Crippen LogP contribution in [0.1, 0.15) is 20.3 Å². The lowest BCUT2D eigenvalue weighted by Crippen LogP contribution is -2.63. The fraction of sp³-hybridized carbons (Fsp3) is 0.722. The summed E-state index contributed by atoms with van der Waals surface area (Å²) in [5.74, 6) is -2.55. The first-order valence-electron chi connectivity index (χ1n) is 9.53. The Morgan fingerprint density at radius 2 is 2.17 bits per heavy atom. The summed E-state index contributed by atoms with van der Waals surface area (Å²) in [6, 6.07) is -1.10. The molecule has 0 spiro atoms. The molecule has 0 bridgehead atoms. The predicted octanol–water partition coefficient (Wildman–Crippen LogP) is -0.287. The molecule has 0 aliphatic carbocycles. The number of nitrogens with two attached hydrogens (primary N) is 1. The topological polar surface area (TPSA) is 142 Å². The second-order valence-corrected chi connectivity index (χ2v) is 9.36. The van der Waals surface area contributed by atoms with Crippen molar-refractivity contribution in [3.05, 3.63) is 10.6 Å². The summed E-state index contributed by atoms with van der Waals surface area (Å²) in [6.07, 6.45) is -0.399. The minimum absolute atomic E-state index is 0.00389. The highest BCUT2D eigenvalue weighted by atomic mass is 35.5. The van der Waals surface area contributed by atoms with Gasteiger partial charge in [0.05, 0.1) is 36.8 Å². The molecule has 0 aromatic rings. The third-order valence-corrected chi connectivity index (χ3v) is 7.47. The Bertz CT molecular complexity index is 732. The van der Waals surface area contributed by atoms with Crippen LogP contribution in [0, 0.1) is 11.8 Å². The number of carbonyl (C=O) groups is 3. The second-order valence-electron chi connectivity index (χ2n) is 7.71. The summed E-state index contributed by atoms with van der Waals surface area (Å²) >= 11 is 6.98. The number of rotatable bonds is 8. The van der Waals surface area contributed by atoms with Crippen molar-refractivity contribution in [1.29, 1.82) is 0 Å². The number of hydrogen-bond donors (Lipinski definition) is 4. The number of amides is 2. The lowest BCUT2D eigenvalue weighted by Gasteiger charge is -2.46. The standard InChI is InChI=1S/C18H26ClN3O6S/c1-7-13-12(8(2)23)17(25)22(13)14(18(26)27)15(7)29-10-3-9(28-6-10)5-21-16(24)11(20)4-19/h7-13,23H,3-6,20H2,1-2H3,(H,21,24)(H,26,27). The molecule has 2 saturated heterocycles. The number of carboxylic acids is 1. The van der Waals surface area contributed by atoms with Crippen molar-refractivity contribution in [2.45, 2.75) is 49.8 Å². The molecule has 0 aromatic heterocycles. The number of halogens is 1. The zero-order valence-electron chi connectivity index (χ0n) is 16.2. The maximum absolute atomic E-state index is 12.4. The summed E-state index contributed by atoms with van der Waals surface area (Å²) in [7, 11) is 0. The number of aliphatic carboxylic acids is 1. The molecule has 0 aromatic carbocycles. The van der Waals surface area contributed by atoms with Crippen LogP contribution in [0.25, 0.3) is 0 Å². The molecule has 9 nitrogen and oxygen atoms in total. The maximum Gasteiger partial charge on any atom is 0.353 e. The summed E-state index contributed by atoms with van der Waals surface area (Å²) in [4.78, 5) is 37.9. The van der Waals surface area contributed by atoms with Crippen LogP contribution in [0.4, 0.5) is 0 Å². The van der Waals surface area contributed by atoms with Crippen LogP contribution < -0.4 is 11.1 Å². The van der Waals surface area contributed by atoms with Crippen LogP contribution in [-0.4, -0.2) is 81.5 Å². The van der Waals surface area contributed by atoms with Gasteiger partial charge in [0.1, 0.15) is 5.70 Å². The molecule has 3 heterocycles. The quantitative estimate of drug-likeness (QED) is 0.294. The molecule has 29 heavy (non-hydrogen) atoms. The van der Waals surface area contributed by atoms with Crippen LogP contribution in [0.2, 0.25) is 0 Å². The Morgan fingerprint density at radius 1 is 1.48 bits per heavy atom. The van der Waals surface area contributed by atoms with E-state index in [0.29, 0.717) is 24.5 Å². The van der Waals surface area contributed by atoms with Gasteiger partial charge in [-0.1, -0.05) is 6.92 Å². The van der Waals surface area contributed by atoms with Crippen molar-refractivity contribution in [3.63, 3.8) is 0 Å². The molecular formula is C18H26ClN3O6S. The number of thioether (sulfide) groups is 1. The fourth-order valence-corrected chi connectivity index (χ4v) is 5.78. The molecule has 3 aliphatic rings. The molecule has 162 valence electrons. The van der Waals surface area contributed by atoms with E-state index in [4.69, 9.17) is 22.1 Å². The number of aliphatic hydroxyl groups excluding tert-OH is 1. The zero-order valence-corrected chi connectivity index (χ0v) is 17.8. The zero-order chi connectivity index (χ0) is 21.5. The lowest BCUT2D eigenvalue weighted by atomic mass is 9.79. The summed E-state index contributed by atoms with van der Waals surface area (Å²) in [5, 5.41) is 22.3. The van der Waals surface area contributed by atoms with E-state index < -0.39 is 24.0 Å². The third kappa shape index (κ3) is 4.13. The average molecular weight is 448 g/mol. The largest absolute Gasteiger partial charge is 0.477 e. The molecule has 3 rings (SSSR count). The number of nitrogens with zero attached hydrogens (tertiary/aromatic N) is 1. The highest BCUT2D eigenvalue weighted by Crippen LogP contribution is 2.52. The molecule has 3 aliphatic heterocycles. The maximum atomic E-state index is 12.4. The van der Waals surface area contributed by atoms with E-state index in [9.17, 15) is 24.6 Å². The van der Waals surface area contributed by atoms with E-state index in [2.05, 4.69) is 5.32 Å². The number of fused-ring (bicyclic) bond motifs is 1. The summed E-state index contributed by atoms with van der Waals surface area (Å²) in [6.45, 7) is 4.16. The molecule has 7 unspecified atom stereocenters. The van der Waals surface area contributed by atoms with E-state index in [1.165, 1.54) is 16.7 Å². The van der Waals surface area contributed by atoms with Crippen molar-refractivity contribution >= 4 is 41.1 Å². The minimum Gasteiger partial charge on any atom is -0.477 e. The smallest absolute Gasteiger partial charge is 0.353 e. The van der Waals surface area contributed by atoms with Gasteiger partial charge in [-0.3, -0.25) is 9.59 Å². The molecule has 2 fully saturated rings. The van der Waals surface area contributed by atoms with Gasteiger partial charge in [0.25, 0.3) is 0 Å². The van der Waals surface area contributed by atoms with E-state index in [0.717, 1.165) is 0 Å². The molecular weight excluding hydrogens is 422 g/mol. The van der Waals surface area contributed by atoms with Crippen molar-refractivity contribution < 1.29 is 29.3 Å². The SMILES string of the molecule is CC(O)C1C(=O)N2C(C(=O)O)=C(SC3COC(CNC(=O)C(N)CCl)C3)C(C)C12. The Balaban J connectivity index is 1.63. The predicted molar refractivity (Wildman–Crippen MR) is 107 cm³/mol. The fourth-order valence-electron chi connectivity index (χ4n) is 4.17. The lowest BCUT2D eigenvalue weighted by molar-refractivity contribution is -0.163. The third-order valence-electron chi connectivity index (χ3n) is 5.66. The van der Waals surface area contributed by atoms with Crippen molar-refractivity contribution in [2.75, 3.05) is 19.0 Å². The van der Waals surface area contributed by atoms with Gasteiger partial charge in [0.2, 0.25) is 11.8 Å². The Kier molecular flexibility index (Phi) is 6.79. The van der Waals surface area contributed by atoms with E-state index >= 15 is 0 Å². The monoisotopic (exact) mass is 447 g/mol. The highest BCUT2D eigenvalue weighted by Gasteiger charge is 2.60. The molecule has 0 radical (unpaired) electrons. The number of nitrogens with one attached hydrogen (secondary N) is 1. The Morgan fingerprint density at radius 3 is 2.76 bits per heavy atom. The van der Waals surface area contributed by atoms with Gasteiger partial charge in [0.15, 0.2) is 0 Å². The van der Waals surface area contributed by atoms with Crippen LogP contribution in [-0.2, 0) is 19.1 Å². The number of β-lactam (4-membered cyclic amide) rings is 1. The van der Waals surface area contributed by atoms with Crippen LogP contribution in [0.15, 0.2) is 10.6 Å². The highest BCUT2D eigenvalue weighted by molar-refractivity contribution is 8.03. The minimum atomic E-state index is -1.14. The normalized spacial score (nSPS) is 33.3. The first-order valence-corrected chi connectivity index (χ1v) is 10.9. The molecule has 7 atom stereocenters. The number of carboxylic acid groups (broad SMARTS) is 1. The summed E-state index contributed by atoms with van der Waals surface area (Å²) < 4.78 is 5.72. The van der Waals surface area contributed by atoms with Gasteiger partial charge < -0.3 is 30.9 Å². The van der Waals surface area contributed by atoms with Crippen LogP contribution >= 0.6 is 23.4 Å². The number of ether oxygens (including phenoxy) is 1.